The van der Waals surface area contributed by atoms with Gasteiger partial charge >= 0.3 is 0 Å². The number of rotatable bonds is 2. The van der Waals surface area contributed by atoms with E-state index < -0.39 is 5.60 Å². The molecule has 1 aliphatic heterocycles. The summed E-state index contributed by atoms with van der Waals surface area (Å²) < 4.78 is 6.00. The molecule has 0 aliphatic carbocycles. The van der Waals surface area contributed by atoms with Crippen LogP contribution >= 0.6 is 11.6 Å². The highest BCUT2D eigenvalue weighted by molar-refractivity contribution is 6.33. The zero-order valence-electron chi connectivity index (χ0n) is 11.9. The fourth-order valence-corrected chi connectivity index (χ4v) is 2.81. The predicted octanol–water partition coefficient (Wildman–Crippen LogP) is 4.54. The quantitative estimate of drug-likeness (QED) is 0.885. The van der Waals surface area contributed by atoms with Crippen molar-refractivity contribution in [1.82, 2.24) is 0 Å². The summed E-state index contributed by atoms with van der Waals surface area (Å²) in [6.45, 7) is 4.07. The zero-order chi connectivity index (χ0) is 15.0. The Kier molecular flexibility index (Phi) is 3.27. The summed E-state index contributed by atoms with van der Waals surface area (Å²) in [5, 5.41) is 13.0. The first-order valence-corrected chi connectivity index (χ1v) is 7.13. The molecule has 0 spiro atoms. The number of anilines is 1. The largest absolute Gasteiger partial charge is 0.485 e. The molecule has 0 aromatic heterocycles. The van der Waals surface area contributed by atoms with Crippen LogP contribution < -0.4 is 10.1 Å². The van der Waals surface area contributed by atoms with E-state index in [0.29, 0.717) is 10.6 Å². The lowest BCUT2D eigenvalue weighted by Crippen LogP contribution is -2.34. The molecule has 0 bridgehead atoms. The molecule has 4 heteroatoms. The smallest absolute Gasteiger partial charge is 0.128 e. The molecule has 0 fully saturated rings. The minimum Gasteiger partial charge on any atom is -0.485 e. The summed E-state index contributed by atoms with van der Waals surface area (Å²) in [5.41, 5.74) is 2.03. The number of hydrogen-bond acceptors (Lipinski definition) is 3. The Bertz CT molecular complexity index is 734. The van der Waals surface area contributed by atoms with Crippen molar-refractivity contribution in [2.45, 2.75) is 25.5 Å². The zero-order valence-corrected chi connectivity index (χ0v) is 12.6. The summed E-state index contributed by atoms with van der Waals surface area (Å²) >= 11 is 6.24. The minimum absolute atomic E-state index is 0.0276. The molecular formula is C17H15ClN2O. The standard InChI is InChI=1S/C17H15ClN2O/c1-17(2)16(12-5-3-4-6-15(12)21-17)20-14-9-11(10-19)7-8-13(14)18/h3-9,16,20H,1-2H3. The Balaban J connectivity index is 2.00. The van der Waals surface area contributed by atoms with Gasteiger partial charge in [-0.15, -0.1) is 0 Å². The third-order valence-electron chi connectivity index (χ3n) is 3.69. The number of halogens is 1. The van der Waals surface area contributed by atoms with E-state index in [1.165, 1.54) is 0 Å². The molecule has 0 saturated heterocycles. The van der Waals surface area contributed by atoms with Crippen molar-refractivity contribution in [3.63, 3.8) is 0 Å². The maximum atomic E-state index is 9.03. The second kappa shape index (κ2) is 4.98. The van der Waals surface area contributed by atoms with Gasteiger partial charge in [0.2, 0.25) is 0 Å². The molecule has 1 heterocycles. The van der Waals surface area contributed by atoms with Crippen LogP contribution in [0.25, 0.3) is 0 Å². The summed E-state index contributed by atoms with van der Waals surface area (Å²) in [6, 6.07) is 15.3. The van der Waals surface area contributed by atoms with E-state index in [2.05, 4.69) is 11.4 Å². The van der Waals surface area contributed by atoms with Gasteiger partial charge in [-0.2, -0.15) is 5.26 Å². The van der Waals surface area contributed by atoms with Crippen LogP contribution in [0.2, 0.25) is 5.02 Å². The highest BCUT2D eigenvalue weighted by Gasteiger charge is 2.41. The SMILES string of the molecule is CC1(C)Oc2ccccc2C1Nc1cc(C#N)ccc1Cl. The number of nitriles is 1. The van der Waals surface area contributed by atoms with Gasteiger partial charge in [-0.1, -0.05) is 29.8 Å². The van der Waals surface area contributed by atoms with Gasteiger partial charge in [-0.25, -0.2) is 0 Å². The summed E-state index contributed by atoms with van der Waals surface area (Å²) in [7, 11) is 0. The minimum atomic E-state index is -0.393. The van der Waals surface area contributed by atoms with Crippen molar-refractivity contribution >= 4 is 17.3 Å². The van der Waals surface area contributed by atoms with Gasteiger partial charge in [-0.05, 0) is 38.1 Å². The molecule has 2 aromatic carbocycles. The van der Waals surface area contributed by atoms with Gasteiger partial charge in [0.15, 0.2) is 0 Å². The lowest BCUT2D eigenvalue weighted by molar-refractivity contribution is 0.118. The molecule has 2 aromatic rings. The van der Waals surface area contributed by atoms with Crippen molar-refractivity contribution in [3.05, 3.63) is 58.6 Å². The van der Waals surface area contributed by atoms with Gasteiger partial charge in [0, 0.05) is 5.56 Å². The van der Waals surface area contributed by atoms with Crippen LogP contribution in [0.5, 0.6) is 5.75 Å². The van der Waals surface area contributed by atoms with Crippen LogP contribution in [-0.4, -0.2) is 5.60 Å². The topological polar surface area (TPSA) is 45.0 Å². The molecular weight excluding hydrogens is 284 g/mol. The molecule has 0 saturated carbocycles. The Morgan fingerprint density at radius 1 is 1.24 bits per heavy atom. The van der Waals surface area contributed by atoms with Crippen molar-refractivity contribution in [3.8, 4) is 11.8 Å². The molecule has 0 radical (unpaired) electrons. The lowest BCUT2D eigenvalue weighted by atomic mass is 9.94. The molecule has 21 heavy (non-hydrogen) atoms. The number of fused-ring (bicyclic) bond motifs is 1. The summed E-state index contributed by atoms with van der Waals surface area (Å²) in [5.74, 6) is 0.882. The number of ether oxygens (including phenoxy) is 1. The first-order valence-electron chi connectivity index (χ1n) is 6.75. The molecule has 0 amide bonds. The average molecular weight is 299 g/mol. The van der Waals surface area contributed by atoms with E-state index in [1.807, 2.05) is 38.1 Å². The molecule has 106 valence electrons. The molecule has 1 N–H and O–H groups in total. The third kappa shape index (κ3) is 2.43. The Labute approximate surface area is 129 Å². The second-order valence-corrected chi connectivity index (χ2v) is 6.03. The van der Waals surface area contributed by atoms with Crippen molar-refractivity contribution in [2.24, 2.45) is 0 Å². The van der Waals surface area contributed by atoms with Crippen LogP contribution in [0.4, 0.5) is 5.69 Å². The van der Waals surface area contributed by atoms with Gasteiger partial charge in [0.25, 0.3) is 0 Å². The fourth-order valence-electron chi connectivity index (χ4n) is 2.64. The van der Waals surface area contributed by atoms with E-state index in [-0.39, 0.29) is 6.04 Å². The van der Waals surface area contributed by atoms with E-state index >= 15 is 0 Å². The Morgan fingerprint density at radius 2 is 2.00 bits per heavy atom. The maximum Gasteiger partial charge on any atom is 0.128 e. The highest BCUT2D eigenvalue weighted by atomic mass is 35.5. The van der Waals surface area contributed by atoms with E-state index in [9.17, 15) is 0 Å². The van der Waals surface area contributed by atoms with Crippen LogP contribution in [0, 0.1) is 11.3 Å². The van der Waals surface area contributed by atoms with Crippen molar-refractivity contribution in [1.29, 1.82) is 5.26 Å². The van der Waals surface area contributed by atoms with E-state index in [4.69, 9.17) is 21.6 Å². The van der Waals surface area contributed by atoms with Crippen LogP contribution in [0.15, 0.2) is 42.5 Å². The first kappa shape index (κ1) is 13.8. The molecule has 1 aliphatic rings. The number of benzene rings is 2. The third-order valence-corrected chi connectivity index (χ3v) is 4.02. The number of nitrogens with one attached hydrogen (secondary N) is 1. The summed E-state index contributed by atoms with van der Waals surface area (Å²) in [4.78, 5) is 0. The van der Waals surface area contributed by atoms with Crippen LogP contribution in [-0.2, 0) is 0 Å². The van der Waals surface area contributed by atoms with Gasteiger partial charge in [-0.3, -0.25) is 0 Å². The highest BCUT2D eigenvalue weighted by Crippen LogP contribution is 2.45. The molecule has 3 rings (SSSR count). The van der Waals surface area contributed by atoms with Crippen LogP contribution in [0.1, 0.15) is 31.0 Å². The van der Waals surface area contributed by atoms with Crippen LogP contribution in [0.3, 0.4) is 0 Å². The Hall–Kier alpha value is -2.18. The first-order chi connectivity index (χ1) is 10.0. The second-order valence-electron chi connectivity index (χ2n) is 5.63. The number of hydrogen-bond donors (Lipinski definition) is 1. The maximum absolute atomic E-state index is 9.03. The van der Waals surface area contributed by atoms with Gasteiger partial charge in [0.1, 0.15) is 11.4 Å². The van der Waals surface area contributed by atoms with Crippen molar-refractivity contribution in [2.75, 3.05) is 5.32 Å². The number of para-hydroxylation sites is 1. The average Bonchev–Trinajstić information content (AvgIpc) is 2.72. The van der Waals surface area contributed by atoms with Gasteiger partial charge in [0.05, 0.1) is 28.4 Å². The molecule has 1 atom stereocenters. The van der Waals surface area contributed by atoms with E-state index in [1.54, 1.807) is 18.2 Å². The predicted molar refractivity (Wildman–Crippen MR) is 83.7 cm³/mol. The normalized spacial score (nSPS) is 18.5. The molecule has 3 nitrogen and oxygen atoms in total. The fraction of sp³-hybridized carbons (Fsp3) is 0.235. The lowest BCUT2D eigenvalue weighted by Gasteiger charge is -2.28. The summed E-state index contributed by atoms with van der Waals surface area (Å²) in [6.07, 6.45) is 0. The van der Waals surface area contributed by atoms with Gasteiger partial charge < -0.3 is 10.1 Å². The Morgan fingerprint density at radius 3 is 2.76 bits per heavy atom. The number of nitrogens with zero attached hydrogens (tertiary/aromatic N) is 1. The monoisotopic (exact) mass is 298 g/mol. The van der Waals surface area contributed by atoms with Crippen molar-refractivity contribution < 1.29 is 4.74 Å². The molecule has 1 unspecified atom stereocenters. The van der Waals surface area contributed by atoms with E-state index in [0.717, 1.165) is 17.0 Å².